The smallest absolute Gasteiger partial charge is 0.274 e. The van der Waals surface area contributed by atoms with Crippen LogP contribution >= 0.6 is 11.6 Å². The Hall–Kier alpha value is -1.89. The van der Waals surface area contributed by atoms with E-state index in [0.717, 1.165) is 38.8 Å². The lowest BCUT2D eigenvalue weighted by atomic mass is 9.96. The minimum atomic E-state index is -0.216. The molecule has 0 saturated carbocycles. The standard InChI is InChI=1S/C20H30ClN5O2/c1-14(2)11-22-18(27)15-7-6-10-26(13-15)19(28)17-16(21)12-23-20(24-17)25-8-4-3-5-9-25/h12,14-15H,3-11,13H2,1-2H3,(H,22,27). The number of rotatable bonds is 5. The van der Waals surface area contributed by atoms with Crippen LogP contribution in [0.1, 0.15) is 56.4 Å². The van der Waals surface area contributed by atoms with Crippen molar-refractivity contribution in [3.63, 3.8) is 0 Å². The molecule has 2 aliphatic heterocycles. The number of carbonyl (C=O) groups excluding carboxylic acids is 2. The fourth-order valence-corrected chi connectivity index (χ4v) is 3.90. The van der Waals surface area contributed by atoms with Crippen molar-refractivity contribution < 1.29 is 9.59 Å². The van der Waals surface area contributed by atoms with E-state index in [1.807, 2.05) is 0 Å². The fourth-order valence-electron chi connectivity index (χ4n) is 3.73. The maximum absolute atomic E-state index is 13.1. The summed E-state index contributed by atoms with van der Waals surface area (Å²) < 4.78 is 0. The number of likely N-dealkylation sites (tertiary alicyclic amines) is 1. The van der Waals surface area contributed by atoms with Crippen molar-refractivity contribution >= 4 is 29.4 Å². The Balaban J connectivity index is 1.69. The third-order valence-corrected chi connectivity index (χ3v) is 5.61. The molecule has 2 aliphatic rings. The highest BCUT2D eigenvalue weighted by Gasteiger charge is 2.31. The average molecular weight is 408 g/mol. The van der Waals surface area contributed by atoms with Gasteiger partial charge in [0.05, 0.1) is 17.1 Å². The Morgan fingerprint density at radius 3 is 2.68 bits per heavy atom. The number of anilines is 1. The third kappa shape index (κ3) is 5.13. The van der Waals surface area contributed by atoms with E-state index in [1.165, 1.54) is 12.6 Å². The van der Waals surface area contributed by atoms with Crippen LogP contribution in [0.5, 0.6) is 0 Å². The summed E-state index contributed by atoms with van der Waals surface area (Å²) in [6.07, 6.45) is 6.53. The molecule has 1 N–H and O–H groups in total. The number of hydrogen-bond donors (Lipinski definition) is 1. The second-order valence-electron chi connectivity index (χ2n) is 8.14. The number of nitrogens with zero attached hydrogens (tertiary/aromatic N) is 4. The second-order valence-corrected chi connectivity index (χ2v) is 8.55. The van der Waals surface area contributed by atoms with Crippen molar-refractivity contribution in [2.75, 3.05) is 37.6 Å². The van der Waals surface area contributed by atoms with Crippen molar-refractivity contribution in [3.05, 3.63) is 16.9 Å². The van der Waals surface area contributed by atoms with E-state index in [9.17, 15) is 9.59 Å². The summed E-state index contributed by atoms with van der Waals surface area (Å²) in [5.41, 5.74) is 0.237. The Labute approximate surface area is 171 Å². The van der Waals surface area contributed by atoms with Gasteiger partial charge in [-0.2, -0.15) is 0 Å². The van der Waals surface area contributed by atoms with E-state index in [-0.39, 0.29) is 28.4 Å². The van der Waals surface area contributed by atoms with Crippen LogP contribution in [0.2, 0.25) is 5.02 Å². The van der Waals surface area contributed by atoms with Crippen LogP contribution in [-0.2, 0) is 4.79 Å². The fraction of sp³-hybridized carbons (Fsp3) is 0.700. The number of piperidine rings is 2. The number of aromatic nitrogens is 2. The Morgan fingerprint density at radius 1 is 1.21 bits per heavy atom. The molecule has 0 radical (unpaired) electrons. The van der Waals surface area contributed by atoms with Gasteiger partial charge in [-0.1, -0.05) is 25.4 Å². The Bertz CT molecular complexity index is 706. The van der Waals surface area contributed by atoms with Crippen molar-refractivity contribution in [2.45, 2.75) is 46.0 Å². The second kappa shape index (κ2) is 9.54. The summed E-state index contributed by atoms with van der Waals surface area (Å²) in [4.78, 5) is 38.1. The van der Waals surface area contributed by atoms with Gasteiger partial charge in [0.25, 0.3) is 5.91 Å². The van der Waals surface area contributed by atoms with Crippen molar-refractivity contribution in [1.29, 1.82) is 0 Å². The monoisotopic (exact) mass is 407 g/mol. The maximum Gasteiger partial charge on any atom is 0.274 e. The van der Waals surface area contributed by atoms with Gasteiger partial charge in [0.1, 0.15) is 0 Å². The van der Waals surface area contributed by atoms with E-state index in [1.54, 1.807) is 4.90 Å². The first kappa shape index (κ1) is 20.8. The highest BCUT2D eigenvalue weighted by Crippen LogP contribution is 2.24. The topological polar surface area (TPSA) is 78.4 Å². The first-order chi connectivity index (χ1) is 13.5. The summed E-state index contributed by atoms with van der Waals surface area (Å²) in [6, 6.07) is 0. The predicted molar refractivity (Wildman–Crippen MR) is 110 cm³/mol. The van der Waals surface area contributed by atoms with Gasteiger partial charge in [0.15, 0.2) is 5.69 Å². The molecule has 1 aromatic rings. The minimum Gasteiger partial charge on any atom is -0.356 e. The normalized spacial score (nSPS) is 20.4. The van der Waals surface area contributed by atoms with Crippen LogP contribution in [-0.4, -0.2) is 59.4 Å². The highest BCUT2D eigenvalue weighted by molar-refractivity contribution is 6.33. The molecule has 1 aromatic heterocycles. The van der Waals surface area contributed by atoms with Crippen molar-refractivity contribution in [2.24, 2.45) is 11.8 Å². The lowest BCUT2D eigenvalue weighted by Crippen LogP contribution is -2.46. The SMILES string of the molecule is CC(C)CNC(=O)C1CCCN(C(=O)c2nc(N3CCCCC3)ncc2Cl)C1. The molecule has 0 aromatic carbocycles. The maximum atomic E-state index is 13.1. The van der Waals surface area contributed by atoms with Crippen LogP contribution in [0.4, 0.5) is 5.95 Å². The van der Waals surface area contributed by atoms with Crippen molar-refractivity contribution in [3.8, 4) is 0 Å². The summed E-state index contributed by atoms with van der Waals surface area (Å²) in [7, 11) is 0. The molecule has 3 heterocycles. The van der Waals surface area contributed by atoms with Crippen LogP contribution in [0.15, 0.2) is 6.20 Å². The largest absolute Gasteiger partial charge is 0.356 e. The van der Waals surface area contributed by atoms with E-state index < -0.39 is 0 Å². The van der Waals surface area contributed by atoms with Gasteiger partial charge in [-0.25, -0.2) is 9.97 Å². The third-order valence-electron chi connectivity index (χ3n) is 5.34. The summed E-state index contributed by atoms with van der Waals surface area (Å²) >= 11 is 6.26. The van der Waals surface area contributed by atoms with Gasteiger partial charge in [-0.15, -0.1) is 0 Å². The van der Waals surface area contributed by atoms with Crippen LogP contribution in [0.25, 0.3) is 0 Å². The zero-order valence-electron chi connectivity index (χ0n) is 16.8. The molecule has 7 nitrogen and oxygen atoms in total. The predicted octanol–water partition coefficient (Wildman–Crippen LogP) is 2.74. The molecule has 2 saturated heterocycles. The molecule has 0 spiro atoms. The molecule has 2 fully saturated rings. The molecule has 3 rings (SSSR count). The zero-order chi connectivity index (χ0) is 20.1. The van der Waals surface area contributed by atoms with Gasteiger partial charge >= 0.3 is 0 Å². The zero-order valence-corrected chi connectivity index (χ0v) is 17.5. The first-order valence-electron chi connectivity index (χ1n) is 10.3. The van der Waals surface area contributed by atoms with Gasteiger partial charge in [0.2, 0.25) is 11.9 Å². The summed E-state index contributed by atoms with van der Waals surface area (Å²) in [5, 5.41) is 3.24. The number of amides is 2. The van der Waals surface area contributed by atoms with Gasteiger partial charge in [0, 0.05) is 32.7 Å². The van der Waals surface area contributed by atoms with E-state index in [0.29, 0.717) is 31.5 Å². The molecule has 0 aliphatic carbocycles. The van der Waals surface area contributed by atoms with Gasteiger partial charge in [-0.05, 0) is 38.0 Å². The summed E-state index contributed by atoms with van der Waals surface area (Å²) in [5.74, 6) is 0.591. The molecule has 8 heteroatoms. The quantitative estimate of drug-likeness (QED) is 0.811. The molecular formula is C20H30ClN5O2. The highest BCUT2D eigenvalue weighted by atomic mass is 35.5. The van der Waals surface area contributed by atoms with Crippen LogP contribution < -0.4 is 10.2 Å². The van der Waals surface area contributed by atoms with Gasteiger partial charge < -0.3 is 15.1 Å². The number of carbonyl (C=O) groups is 2. The molecule has 2 amide bonds. The number of hydrogen-bond acceptors (Lipinski definition) is 5. The number of nitrogens with one attached hydrogen (secondary N) is 1. The van der Waals surface area contributed by atoms with Crippen LogP contribution in [0, 0.1) is 11.8 Å². The Morgan fingerprint density at radius 2 is 1.96 bits per heavy atom. The first-order valence-corrected chi connectivity index (χ1v) is 10.7. The molecule has 0 bridgehead atoms. The van der Waals surface area contributed by atoms with E-state index in [2.05, 4.69) is 34.0 Å². The minimum absolute atomic E-state index is 0.0222. The molecule has 1 unspecified atom stereocenters. The number of halogens is 1. The van der Waals surface area contributed by atoms with Gasteiger partial charge in [-0.3, -0.25) is 9.59 Å². The molecular weight excluding hydrogens is 378 g/mol. The van der Waals surface area contributed by atoms with Crippen LogP contribution in [0.3, 0.4) is 0 Å². The molecule has 1 atom stereocenters. The van der Waals surface area contributed by atoms with E-state index in [4.69, 9.17) is 11.6 Å². The van der Waals surface area contributed by atoms with Crippen molar-refractivity contribution in [1.82, 2.24) is 20.2 Å². The lowest BCUT2D eigenvalue weighted by molar-refractivity contribution is -0.126. The Kier molecular flexibility index (Phi) is 7.10. The lowest BCUT2D eigenvalue weighted by Gasteiger charge is -2.32. The van der Waals surface area contributed by atoms with E-state index >= 15 is 0 Å². The molecule has 28 heavy (non-hydrogen) atoms. The summed E-state index contributed by atoms with van der Waals surface area (Å²) in [6.45, 7) is 7.60. The average Bonchev–Trinajstić information content (AvgIpc) is 2.72. The molecule has 154 valence electrons.